The van der Waals surface area contributed by atoms with E-state index in [1.165, 1.54) is 10.4 Å². The van der Waals surface area contributed by atoms with Gasteiger partial charge in [-0.15, -0.1) is 11.3 Å². The number of carbonyl (C=O) groups is 1. The van der Waals surface area contributed by atoms with Gasteiger partial charge >= 0.3 is 5.97 Å². The summed E-state index contributed by atoms with van der Waals surface area (Å²) in [7, 11) is 0. The van der Waals surface area contributed by atoms with Crippen molar-refractivity contribution in [2.45, 2.75) is 33.6 Å². The molecule has 1 rings (SSSR count). The zero-order chi connectivity index (χ0) is 11.6. The summed E-state index contributed by atoms with van der Waals surface area (Å²) in [6.07, 6.45) is 1.51. The fourth-order valence-electron chi connectivity index (χ4n) is 1.19. The molecular weight excluding hydrogens is 276 g/mol. The summed E-state index contributed by atoms with van der Waals surface area (Å²) in [5.41, 5.74) is 0.591. The maximum atomic E-state index is 10.9. The van der Waals surface area contributed by atoms with Gasteiger partial charge in [0, 0.05) is 4.88 Å². The molecule has 0 aromatic carbocycles. The molecule has 1 aromatic rings. The molecule has 1 N–H and O–H groups in total. The lowest BCUT2D eigenvalue weighted by molar-refractivity contribution is -0.147. The van der Waals surface area contributed by atoms with Crippen molar-refractivity contribution in [2.24, 2.45) is 5.41 Å². The highest BCUT2D eigenvalue weighted by Crippen LogP contribution is 2.31. The highest BCUT2D eigenvalue weighted by molar-refractivity contribution is 9.11. The number of carboxylic acid groups (broad SMARTS) is 1. The van der Waals surface area contributed by atoms with E-state index in [1.807, 2.05) is 6.92 Å². The Labute approximate surface area is 102 Å². The molecule has 0 saturated heterocycles. The lowest BCUT2D eigenvalue weighted by atomic mass is 9.88. The Morgan fingerprint density at radius 2 is 2.20 bits per heavy atom. The summed E-state index contributed by atoms with van der Waals surface area (Å²) in [5, 5.41) is 8.97. The van der Waals surface area contributed by atoms with E-state index in [2.05, 4.69) is 22.0 Å². The summed E-state index contributed by atoms with van der Waals surface area (Å²) in [6, 6.07) is 2.12. The minimum absolute atomic E-state index is 0.635. The van der Waals surface area contributed by atoms with Crippen molar-refractivity contribution >= 4 is 33.2 Å². The number of rotatable bonds is 4. The molecule has 0 spiro atoms. The molecule has 0 atom stereocenters. The van der Waals surface area contributed by atoms with Gasteiger partial charge in [-0.25, -0.2) is 0 Å². The van der Waals surface area contributed by atoms with Crippen LogP contribution in [0.2, 0.25) is 0 Å². The summed E-state index contributed by atoms with van der Waals surface area (Å²) in [6.45, 7) is 5.59. The molecule has 1 aromatic heterocycles. The van der Waals surface area contributed by atoms with Gasteiger partial charge in [0.1, 0.15) is 0 Å². The van der Waals surface area contributed by atoms with Crippen molar-refractivity contribution in [1.29, 1.82) is 0 Å². The van der Waals surface area contributed by atoms with E-state index < -0.39 is 11.4 Å². The van der Waals surface area contributed by atoms with Gasteiger partial charge in [-0.2, -0.15) is 0 Å². The standard InChI is InChI=1S/C11H15BrO2S/c1-7-6-8(15-9(7)12)4-5-11(2,3)10(13)14/h6H,4-5H2,1-3H3,(H,13,14). The number of aliphatic carboxylic acids is 1. The maximum absolute atomic E-state index is 10.9. The normalized spacial score (nSPS) is 11.7. The zero-order valence-corrected chi connectivity index (χ0v) is 11.5. The molecular formula is C11H15BrO2S. The largest absolute Gasteiger partial charge is 0.481 e. The fraction of sp³-hybridized carbons (Fsp3) is 0.545. The highest BCUT2D eigenvalue weighted by atomic mass is 79.9. The van der Waals surface area contributed by atoms with Crippen molar-refractivity contribution in [2.75, 3.05) is 0 Å². The van der Waals surface area contributed by atoms with Gasteiger partial charge in [-0.1, -0.05) is 0 Å². The first-order chi connectivity index (χ1) is 6.83. The SMILES string of the molecule is Cc1cc(CCC(C)(C)C(=O)O)sc1Br. The second kappa shape index (κ2) is 4.66. The molecule has 0 aliphatic rings. The summed E-state index contributed by atoms with van der Waals surface area (Å²) in [4.78, 5) is 12.2. The molecule has 2 nitrogen and oxygen atoms in total. The van der Waals surface area contributed by atoms with E-state index in [9.17, 15) is 4.79 Å². The molecule has 0 aliphatic heterocycles. The summed E-state index contributed by atoms with van der Waals surface area (Å²) >= 11 is 5.16. The van der Waals surface area contributed by atoms with Gasteiger partial charge in [-0.05, 0) is 61.2 Å². The van der Waals surface area contributed by atoms with Crippen LogP contribution in [0.5, 0.6) is 0 Å². The van der Waals surface area contributed by atoms with E-state index in [-0.39, 0.29) is 0 Å². The third-order valence-electron chi connectivity index (χ3n) is 2.48. The first-order valence-electron chi connectivity index (χ1n) is 4.81. The topological polar surface area (TPSA) is 37.3 Å². The summed E-state index contributed by atoms with van der Waals surface area (Å²) < 4.78 is 1.14. The maximum Gasteiger partial charge on any atom is 0.309 e. The van der Waals surface area contributed by atoms with Crippen LogP contribution in [0.25, 0.3) is 0 Å². The van der Waals surface area contributed by atoms with Crippen molar-refractivity contribution in [1.82, 2.24) is 0 Å². The second-order valence-corrected chi connectivity index (χ2v) is 6.81. The lowest BCUT2D eigenvalue weighted by Crippen LogP contribution is -2.24. The van der Waals surface area contributed by atoms with Crippen molar-refractivity contribution in [3.05, 3.63) is 20.3 Å². The number of hydrogen-bond donors (Lipinski definition) is 1. The number of carboxylic acids is 1. The molecule has 0 saturated carbocycles. The lowest BCUT2D eigenvalue weighted by Gasteiger charge is -2.17. The van der Waals surface area contributed by atoms with Crippen LogP contribution in [0.3, 0.4) is 0 Å². The Hall–Kier alpha value is -0.350. The van der Waals surface area contributed by atoms with Crippen LogP contribution < -0.4 is 0 Å². The second-order valence-electron chi connectivity index (χ2n) is 4.36. The summed E-state index contributed by atoms with van der Waals surface area (Å²) in [5.74, 6) is -0.727. The van der Waals surface area contributed by atoms with Crippen LogP contribution >= 0.6 is 27.3 Å². The third kappa shape index (κ3) is 3.31. The van der Waals surface area contributed by atoms with E-state index >= 15 is 0 Å². The van der Waals surface area contributed by atoms with Crippen molar-refractivity contribution in [3.8, 4) is 0 Å². The minimum Gasteiger partial charge on any atom is -0.481 e. The Morgan fingerprint density at radius 1 is 1.60 bits per heavy atom. The first kappa shape index (κ1) is 12.7. The molecule has 1 heterocycles. The molecule has 84 valence electrons. The first-order valence-corrected chi connectivity index (χ1v) is 6.42. The Morgan fingerprint density at radius 3 is 2.60 bits per heavy atom. The molecule has 4 heteroatoms. The van der Waals surface area contributed by atoms with Crippen LogP contribution in [0.1, 0.15) is 30.7 Å². The highest BCUT2D eigenvalue weighted by Gasteiger charge is 2.26. The molecule has 0 unspecified atom stereocenters. The van der Waals surface area contributed by atoms with Crippen molar-refractivity contribution < 1.29 is 9.90 Å². The van der Waals surface area contributed by atoms with Crippen LogP contribution in [-0.2, 0) is 11.2 Å². The van der Waals surface area contributed by atoms with Crippen LogP contribution in [0, 0.1) is 12.3 Å². The number of halogens is 1. The predicted molar refractivity (Wildman–Crippen MR) is 66.5 cm³/mol. The van der Waals surface area contributed by atoms with Gasteiger partial charge in [0.2, 0.25) is 0 Å². The zero-order valence-electron chi connectivity index (χ0n) is 9.13. The van der Waals surface area contributed by atoms with E-state index in [1.54, 1.807) is 25.2 Å². The molecule has 0 aliphatic carbocycles. The monoisotopic (exact) mass is 290 g/mol. The molecule has 0 amide bonds. The Bertz CT molecular complexity index is 349. The minimum atomic E-state index is -0.727. The fourth-order valence-corrected chi connectivity index (χ4v) is 2.82. The van der Waals surface area contributed by atoms with Gasteiger partial charge in [0.25, 0.3) is 0 Å². The number of thiophene rings is 1. The third-order valence-corrected chi connectivity index (χ3v) is 4.68. The van der Waals surface area contributed by atoms with Crippen LogP contribution in [0.4, 0.5) is 0 Å². The van der Waals surface area contributed by atoms with E-state index in [0.717, 1.165) is 10.2 Å². The number of hydrogen-bond acceptors (Lipinski definition) is 2. The number of aryl methyl sites for hydroxylation is 2. The average molecular weight is 291 g/mol. The van der Waals surface area contributed by atoms with Gasteiger partial charge in [-0.3, -0.25) is 4.79 Å². The molecule has 15 heavy (non-hydrogen) atoms. The van der Waals surface area contributed by atoms with Gasteiger partial charge < -0.3 is 5.11 Å². The molecule has 0 radical (unpaired) electrons. The predicted octanol–water partition coefficient (Wildman–Crippen LogP) is 3.86. The quantitative estimate of drug-likeness (QED) is 0.914. The molecule has 0 fully saturated rings. The Balaban J connectivity index is 2.61. The molecule has 0 bridgehead atoms. The van der Waals surface area contributed by atoms with Gasteiger partial charge in [0.05, 0.1) is 9.20 Å². The van der Waals surface area contributed by atoms with Crippen LogP contribution in [0.15, 0.2) is 9.85 Å². The smallest absolute Gasteiger partial charge is 0.309 e. The van der Waals surface area contributed by atoms with Crippen molar-refractivity contribution in [3.63, 3.8) is 0 Å². The Kier molecular flexibility index (Phi) is 3.95. The van der Waals surface area contributed by atoms with Gasteiger partial charge in [0.15, 0.2) is 0 Å². The average Bonchev–Trinajstić information content (AvgIpc) is 2.43. The van der Waals surface area contributed by atoms with Crippen LogP contribution in [-0.4, -0.2) is 11.1 Å². The van der Waals surface area contributed by atoms with E-state index in [4.69, 9.17) is 5.11 Å². The van der Waals surface area contributed by atoms with E-state index in [0.29, 0.717) is 6.42 Å².